The molecular weight excluding hydrogens is 291 g/mol. The largest absolute Gasteiger partial charge is 0.436 e. The predicted molar refractivity (Wildman–Crippen MR) is 67.9 cm³/mol. The molecule has 0 bridgehead atoms. The molecule has 0 radical (unpaired) electrons. The van der Waals surface area contributed by atoms with Crippen molar-refractivity contribution in [2.75, 3.05) is 5.73 Å². The fraction of sp³-hybridized carbons (Fsp3) is 0. The van der Waals surface area contributed by atoms with Crippen LogP contribution < -0.4 is 10.5 Å². The molecule has 2 N–H and O–H groups in total. The van der Waals surface area contributed by atoms with Crippen LogP contribution in [0.25, 0.3) is 0 Å². The lowest BCUT2D eigenvalue weighted by atomic mass is 10.3. The number of nitrogens with zero attached hydrogens (tertiary/aromatic N) is 1. The zero-order valence-electron chi connectivity index (χ0n) is 8.15. The van der Waals surface area contributed by atoms with Crippen molar-refractivity contribution in [3.8, 4) is 11.6 Å². The van der Waals surface area contributed by atoms with E-state index in [1.54, 1.807) is 36.5 Å². The molecule has 0 fully saturated rings. The second-order valence-corrected chi connectivity index (χ2v) is 4.25. The van der Waals surface area contributed by atoms with Crippen molar-refractivity contribution >= 4 is 33.2 Å². The Labute approximate surface area is 106 Å². The summed E-state index contributed by atoms with van der Waals surface area (Å²) in [5.41, 5.74) is 6.33. The number of pyridine rings is 1. The molecule has 82 valence electrons. The average molecular weight is 300 g/mol. The summed E-state index contributed by atoms with van der Waals surface area (Å²) < 4.78 is 6.24. The fourth-order valence-corrected chi connectivity index (χ4v) is 1.66. The van der Waals surface area contributed by atoms with Gasteiger partial charge in [-0.15, -0.1) is 0 Å². The molecule has 1 aromatic heterocycles. The van der Waals surface area contributed by atoms with Crippen molar-refractivity contribution < 1.29 is 4.74 Å². The molecule has 0 aliphatic heterocycles. The summed E-state index contributed by atoms with van der Waals surface area (Å²) in [5.74, 6) is 0.941. The van der Waals surface area contributed by atoms with E-state index in [0.29, 0.717) is 26.8 Å². The van der Waals surface area contributed by atoms with E-state index in [1.165, 1.54) is 0 Å². The number of rotatable bonds is 2. The van der Waals surface area contributed by atoms with Gasteiger partial charge in [-0.2, -0.15) is 0 Å². The van der Waals surface area contributed by atoms with E-state index >= 15 is 0 Å². The van der Waals surface area contributed by atoms with E-state index in [2.05, 4.69) is 20.9 Å². The number of aromatic nitrogens is 1. The highest BCUT2D eigenvalue weighted by molar-refractivity contribution is 9.10. The standard InChI is InChI=1S/C11H8BrClN2O/c12-10-8(14)4-1-5-9(10)16-11-7(13)3-2-6-15-11/h1-6H,14H2. The van der Waals surface area contributed by atoms with E-state index in [4.69, 9.17) is 22.1 Å². The first kappa shape index (κ1) is 11.2. The van der Waals surface area contributed by atoms with Gasteiger partial charge in [0, 0.05) is 11.9 Å². The molecule has 2 aromatic rings. The van der Waals surface area contributed by atoms with E-state index in [1.807, 2.05) is 0 Å². The van der Waals surface area contributed by atoms with Gasteiger partial charge in [-0.3, -0.25) is 0 Å². The van der Waals surface area contributed by atoms with E-state index in [0.717, 1.165) is 0 Å². The third-order valence-electron chi connectivity index (χ3n) is 1.92. The highest BCUT2D eigenvalue weighted by Gasteiger charge is 2.08. The Hall–Kier alpha value is -1.26. The molecule has 0 aliphatic rings. The third kappa shape index (κ3) is 2.28. The molecule has 0 saturated heterocycles. The summed E-state index contributed by atoms with van der Waals surface area (Å²) in [6.45, 7) is 0. The van der Waals surface area contributed by atoms with Gasteiger partial charge < -0.3 is 10.5 Å². The van der Waals surface area contributed by atoms with Crippen LogP contribution in [-0.4, -0.2) is 4.98 Å². The van der Waals surface area contributed by atoms with Crippen LogP contribution in [0.3, 0.4) is 0 Å². The van der Waals surface area contributed by atoms with Gasteiger partial charge in [-0.05, 0) is 40.2 Å². The van der Waals surface area contributed by atoms with Crippen molar-refractivity contribution in [3.63, 3.8) is 0 Å². The topological polar surface area (TPSA) is 48.1 Å². The molecule has 0 unspecified atom stereocenters. The first-order valence-corrected chi connectivity index (χ1v) is 5.68. The lowest BCUT2D eigenvalue weighted by Gasteiger charge is -2.08. The van der Waals surface area contributed by atoms with Crippen LogP contribution in [0.5, 0.6) is 11.6 Å². The number of hydrogen-bond donors (Lipinski definition) is 1. The predicted octanol–water partition coefficient (Wildman–Crippen LogP) is 3.87. The van der Waals surface area contributed by atoms with Gasteiger partial charge >= 0.3 is 0 Å². The highest BCUT2D eigenvalue weighted by atomic mass is 79.9. The van der Waals surface area contributed by atoms with Gasteiger partial charge in [0.2, 0.25) is 5.88 Å². The number of halogens is 2. The first-order valence-electron chi connectivity index (χ1n) is 4.51. The molecular formula is C11H8BrClN2O. The normalized spacial score (nSPS) is 10.1. The Morgan fingerprint density at radius 2 is 2.06 bits per heavy atom. The molecule has 5 heteroatoms. The number of hydrogen-bond acceptors (Lipinski definition) is 3. The Kier molecular flexibility index (Phi) is 3.31. The quantitative estimate of drug-likeness (QED) is 0.856. The maximum Gasteiger partial charge on any atom is 0.238 e. The summed E-state index contributed by atoms with van der Waals surface area (Å²) >= 11 is 9.27. The molecule has 0 atom stereocenters. The van der Waals surface area contributed by atoms with Crippen LogP contribution in [-0.2, 0) is 0 Å². The zero-order valence-corrected chi connectivity index (χ0v) is 10.5. The minimum absolute atomic E-state index is 0.357. The van der Waals surface area contributed by atoms with Gasteiger partial charge in [0.1, 0.15) is 10.8 Å². The van der Waals surface area contributed by atoms with Crippen molar-refractivity contribution in [1.29, 1.82) is 0 Å². The fourth-order valence-electron chi connectivity index (χ4n) is 1.16. The maximum absolute atomic E-state index is 5.93. The van der Waals surface area contributed by atoms with Crippen LogP contribution in [0.4, 0.5) is 5.69 Å². The van der Waals surface area contributed by atoms with Crippen molar-refractivity contribution in [2.45, 2.75) is 0 Å². The number of nitrogens with two attached hydrogens (primary N) is 1. The monoisotopic (exact) mass is 298 g/mol. The number of nitrogen functional groups attached to an aromatic ring is 1. The summed E-state index contributed by atoms with van der Waals surface area (Å²) in [7, 11) is 0. The molecule has 0 aliphatic carbocycles. The van der Waals surface area contributed by atoms with Crippen LogP contribution in [0.1, 0.15) is 0 Å². The first-order chi connectivity index (χ1) is 7.68. The number of ether oxygens (including phenoxy) is 1. The Bertz CT molecular complexity index is 519. The lowest BCUT2D eigenvalue weighted by Crippen LogP contribution is -1.92. The summed E-state index contributed by atoms with van der Waals surface area (Å²) in [4.78, 5) is 4.03. The summed E-state index contributed by atoms with van der Waals surface area (Å²) in [6.07, 6.45) is 1.61. The van der Waals surface area contributed by atoms with Crippen LogP contribution in [0, 0.1) is 0 Å². The van der Waals surface area contributed by atoms with Crippen molar-refractivity contribution in [1.82, 2.24) is 4.98 Å². The van der Waals surface area contributed by atoms with Crippen LogP contribution in [0.15, 0.2) is 41.0 Å². The van der Waals surface area contributed by atoms with Gasteiger partial charge in [-0.25, -0.2) is 4.98 Å². The molecule has 0 saturated carbocycles. The van der Waals surface area contributed by atoms with E-state index in [-0.39, 0.29) is 0 Å². The zero-order chi connectivity index (χ0) is 11.5. The van der Waals surface area contributed by atoms with Crippen LogP contribution in [0.2, 0.25) is 5.02 Å². The minimum Gasteiger partial charge on any atom is -0.436 e. The Morgan fingerprint density at radius 3 is 2.81 bits per heavy atom. The molecule has 16 heavy (non-hydrogen) atoms. The van der Waals surface area contributed by atoms with E-state index < -0.39 is 0 Å². The summed E-state index contributed by atoms with van der Waals surface area (Å²) in [6, 6.07) is 8.81. The maximum atomic E-state index is 5.93. The highest BCUT2D eigenvalue weighted by Crippen LogP contribution is 2.35. The molecule has 3 nitrogen and oxygen atoms in total. The molecule has 1 aromatic carbocycles. The second-order valence-electron chi connectivity index (χ2n) is 3.05. The molecule has 0 spiro atoms. The number of anilines is 1. The molecule has 2 rings (SSSR count). The van der Waals surface area contributed by atoms with Crippen molar-refractivity contribution in [2.24, 2.45) is 0 Å². The Morgan fingerprint density at radius 1 is 1.25 bits per heavy atom. The summed E-state index contributed by atoms with van der Waals surface area (Å²) in [5, 5.41) is 0.455. The molecule has 0 amide bonds. The van der Waals surface area contributed by atoms with Gasteiger partial charge in [-0.1, -0.05) is 17.7 Å². The van der Waals surface area contributed by atoms with Gasteiger partial charge in [0.15, 0.2) is 0 Å². The third-order valence-corrected chi connectivity index (χ3v) is 3.06. The Balaban J connectivity index is 2.35. The van der Waals surface area contributed by atoms with Gasteiger partial charge in [0.25, 0.3) is 0 Å². The van der Waals surface area contributed by atoms with Crippen LogP contribution >= 0.6 is 27.5 Å². The number of benzene rings is 1. The minimum atomic E-state index is 0.357. The SMILES string of the molecule is Nc1cccc(Oc2ncccc2Cl)c1Br. The van der Waals surface area contributed by atoms with E-state index in [9.17, 15) is 0 Å². The average Bonchev–Trinajstić information content (AvgIpc) is 2.28. The smallest absolute Gasteiger partial charge is 0.238 e. The van der Waals surface area contributed by atoms with Crippen molar-refractivity contribution in [3.05, 3.63) is 46.0 Å². The lowest BCUT2D eigenvalue weighted by molar-refractivity contribution is 0.461. The van der Waals surface area contributed by atoms with Gasteiger partial charge in [0.05, 0.1) is 4.47 Å². The molecule has 1 heterocycles. The second kappa shape index (κ2) is 4.72.